The van der Waals surface area contributed by atoms with Crippen molar-refractivity contribution in [3.05, 3.63) is 34.4 Å². The van der Waals surface area contributed by atoms with Gasteiger partial charge in [-0.15, -0.1) is 11.3 Å². The van der Waals surface area contributed by atoms with E-state index in [1.54, 1.807) is 12.1 Å². The molecule has 0 aliphatic carbocycles. The van der Waals surface area contributed by atoms with Gasteiger partial charge in [0.2, 0.25) is 12.7 Å². The summed E-state index contributed by atoms with van der Waals surface area (Å²) in [6.07, 6.45) is 1.23. The van der Waals surface area contributed by atoms with Crippen LogP contribution in [-0.4, -0.2) is 42.7 Å². The fraction of sp³-hybridized carbons (Fsp3) is 0.0769. The number of hydrogen-bond acceptors (Lipinski definition) is 9. The molecule has 0 unspecified atom stereocenters. The number of carbonyl (C=O) groups is 1. The summed E-state index contributed by atoms with van der Waals surface area (Å²) < 4.78 is 12.8. The first-order valence-electron chi connectivity index (χ1n) is 7.00. The molecular formula is C13H7N7O4S. The van der Waals surface area contributed by atoms with Gasteiger partial charge in [0.1, 0.15) is 4.83 Å². The monoisotopic (exact) mass is 357 g/mol. The number of thiazole rings is 1. The number of aromatic amines is 1. The number of anilines is 1. The molecule has 4 heterocycles. The maximum absolute atomic E-state index is 12.5. The maximum atomic E-state index is 12.5. The van der Waals surface area contributed by atoms with E-state index < -0.39 is 11.6 Å². The number of H-pyrrole nitrogens is 1. The third-order valence-electron chi connectivity index (χ3n) is 3.65. The smallest absolute Gasteiger partial charge is 0.353 e. The van der Waals surface area contributed by atoms with E-state index in [0.717, 1.165) is 4.70 Å². The average molecular weight is 357 g/mol. The molecular weight excluding hydrogens is 350 g/mol. The molecule has 25 heavy (non-hydrogen) atoms. The molecule has 11 nitrogen and oxygen atoms in total. The number of ether oxygens (including phenoxy) is 2. The van der Waals surface area contributed by atoms with Gasteiger partial charge in [0.05, 0.1) is 15.8 Å². The molecule has 1 aromatic carbocycles. The molecule has 2 N–H and O–H groups in total. The summed E-state index contributed by atoms with van der Waals surface area (Å²) in [6, 6.07) is 3.48. The van der Waals surface area contributed by atoms with Gasteiger partial charge in [0, 0.05) is 18.3 Å². The van der Waals surface area contributed by atoms with Crippen molar-refractivity contribution in [3.8, 4) is 11.5 Å². The van der Waals surface area contributed by atoms with E-state index in [0.29, 0.717) is 21.8 Å². The second kappa shape index (κ2) is 4.98. The predicted molar refractivity (Wildman–Crippen MR) is 85.1 cm³/mol. The van der Waals surface area contributed by atoms with Crippen LogP contribution in [0.2, 0.25) is 0 Å². The Balaban J connectivity index is 1.73. The molecule has 124 valence electrons. The summed E-state index contributed by atoms with van der Waals surface area (Å²) in [6.45, 7) is 0.135. The number of nitrogens with zero attached hydrogens (tertiary/aromatic N) is 5. The van der Waals surface area contributed by atoms with E-state index in [4.69, 9.17) is 9.47 Å². The molecule has 1 aliphatic heterocycles. The molecule has 1 aliphatic rings. The molecule has 4 aromatic rings. The van der Waals surface area contributed by atoms with Crippen LogP contribution in [0.1, 0.15) is 10.4 Å². The van der Waals surface area contributed by atoms with Crippen molar-refractivity contribution in [2.45, 2.75) is 0 Å². The lowest BCUT2D eigenvalue weighted by Gasteiger charge is -2.02. The SMILES string of the molecule is O=C(Nc1nnn[nH]1)c1cnc(=O)n2c1sc1cc3c(cc12)OCO3. The van der Waals surface area contributed by atoms with Gasteiger partial charge in [-0.25, -0.2) is 19.3 Å². The van der Waals surface area contributed by atoms with Gasteiger partial charge in [-0.2, -0.15) is 0 Å². The highest BCUT2D eigenvalue weighted by atomic mass is 32.1. The van der Waals surface area contributed by atoms with E-state index in [9.17, 15) is 9.59 Å². The standard InChI is InChI=1S/C13H7N7O4S/c21-10(15-12-16-18-19-17-12)5-3-14-13(22)20-6-1-7-8(24-4-23-7)2-9(6)25-11(5)20/h1-3H,4H2,(H2,15,16,17,18,19,21). The van der Waals surface area contributed by atoms with Crippen LogP contribution in [0.15, 0.2) is 23.1 Å². The Morgan fingerprint density at radius 1 is 1.32 bits per heavy atom. The normalized spacial score (nSPS) is 12.8. The molecule has 0 spiro atoms. The third-order valence-corrected chi connectivity index (χ3v) is 4.80. The number of hydrogen-bond donors (Lipinski definition) is 2. The van der Waals surface area contributed by atoms with E-state index in [2.05, 4.69) is 30.9 Å². The summed E-state index contributed by atoms with van der Waals surface area (Å²) in [5.74, 6) is 0.742. The Bertz CT molecular complexity index is 1200. The highest BCUT2D eigenvalue weighted by molar-refractivity contribution is 7.24. The van der Waals surface area contributed by atoms with Crippen LogP contribution >= 0.6 is 11.3 Å². The zero-order valence-corrected chi connectivity index (χ0v) is 13.0. The van der Waals surface area contributed by atoms with E-state index in [-0.39, 0.29) is 18.3 Å². The zero-order chi connectivity index (χ0) is 17.0. The second-order valence-electron chi connectivity index (χ2n) is 5.07. The molecule has 0 fully saturated rings. The van der Waals surface area contributed by atoms with Gasteiger partial charge in [-0.05, 0) is 10.4 Å². The number of amides is 1. The number of tetrazole rings is 1. The molecule has 0 bridgehead atoms. The minimum Gasteiger partial charge on any atom is -0.454 e. The summed E-state index contributed by atoms with van der Waals surface area (Å²) in [5, 5.41) is 15.3. The van der Waals surface area contributed by atoms with Crippen LogP contribution in [0, 0.1) is 0 Å². The first kappa shape index (κ1) is 13.9. The number of nitrogens with one attached hydrogen (secondary N) is 2. The van der Waals surface area contributed by atoms with Crippen molar-refractivity contribution in [3.63, 3.8) is 0 Å². The minimum absolute atomic E-state index is 0.0937. The van der Waals surface area contributed by atoms with Gasteiger partial charge in [-0.1, -0.05) is 5.10 Å². The van der Waals surface area contributed by atoms with Gasteiger partial charge in [0.15, 0.2) is 11.5 Å². The summed E-state index contributed by atoms with van der Waals surface area (Å²) >= 11 is 1.27. The molecule has 1 amide bonds. The molecule has 5 rings (SSSR count). The summed E-state index contributed by atoms with van der Waals surface area (Å²) in [4.78, 5) is 29.0. The molecule has 0 saturated heterocycles. The fourth-order valence-electron chi connectivity index (χ4n) is 2.57. The van der Waals surface area contributed by atoms with Crippen molar-refractivity contribution in [1.29, 1.82) is 0 Å². The van der Waals surface area contributed by atoms with Gasteiger partial charge < -0.3 is 9.47 Å². The zero-order valence-electron chi connectivity index (χ0n) is 12.2. The van der Waals surface area contributed by atoms with Crippen molar-refractivity contribution in [1.82, 2.24) is 30.0 Å². The predicted octanol–water partition coefficient (Wildman–Crippen LogP) is 0.403. The quantitative estimate of drug-likeness (QED) is 0.526. The van der Waals surface area contributed by atoms with Crippen LogP contribution < -0.4 is 20.5 Å². The maximum Gasteiger partial charge on any atom is 0.353 e. The Morgan fingerprint density at radius 3 is 2.96 bits per heavy atom. The molecule has 0 atom stereocenters. The number of carbonyl (C=O) groups excluding carboxylic acids is 1. The minimum atomic E-state index is -0.491. The van der Waals surface area contributed by atoms with Crippen LogP contribution in [0.25, 0.3) is 15.0 Å². The number of rotatable bonds is 2. The Hall–Kier alpha value is -3.54. The van der Waals surface area contributed by atoms with Crippen molar-refractivity contribution >= 4 is 38.2 Å². The van der Waals surface area contributed by atoms with Crippen LogP contribution in [0.4, 0.5) is 5.95 Å². The lowest BCUT2D eigenvalue weighted by Crippen LogP contribution is -2.21. The number of benzene rings is 1. The molecule has 0 saturated carbocycles. The van der Waals surface area contributed by atoms with Crippen molar-refractivity contribution < 1.29 is 14.3 Å². The van der Waals surface area contributed by atoms with Gasteiger partial charge in [-0.3, -0.25) is 10.1 Å². The topological polar surface area (TPSA) is 136 Å². The van der Waals surface area contributed by atoms with Crippen LogP contribution in [0.3, 0.4) is 0 Å². The Kier molecular flexibility index (Phi) is 2.76. The van der Waals surface area contributed by atoms with Crippen LogP contribution in [0.5, 0.6) is 11.5 Å². The molecule has 12 heteroatoms. The summed E-state index contributed by atoms with van der Waals surface area (Å²) in [5.41, 5.74) is 0.329. The summed E-state index contributed by atoms with van der Waals surface area (Å²) in [7, 11) is 0. The Labute approximate surface area is 141 Å². The largest absolute Gasteiger partial charge is 0.454 e. The lowest BCUT2D eigenvalue weighted by molar-refractivity contribution is 0.102. The van der Waals surface area contributed by atoms with E-state index >= 15 is 0 Å². The third kappa shape index (κ3) is 2.04. The molecule has 3 aromatic heterocycles. The first-order valence-corrected chi connectivity index (χ1v) is 7.81. The second-order valence-corrected chi connectivity index (χ2v) is 6.10. The van der Waals surface area contributed by atoms with E-state index in [1.165, 1.54) is 21.9 Å². The average Bonchev–Trinajstić information content (AvgIpc) is 3.31. The number of fused-ring (bicyclic) bond motifs is 4. The highest BCUT2D eigenvalue weighted by Crippen LogP contribution is 2.39. The van der Waals surface area contributed by atoms with Gasteiger partial charge >= 0.3 is 5.69 Å². The molecule has 0 radical (unpaired) electrons. The fourth-order valence-corrected chi connectivity index (χ4v) is 3.72. The van der Waals surface area contributed by atoms with Crippen LogP contribution in [-0.2, 0) is 0 Å². The highest BCUT2D eigenvalue weighted by Gasteiger charge is 2.21. The first-order chi connectivity index (χ1) is 12.2. The van der Waals surface area contributed by atoms with Crippen molar-refractivity contribution in [2.24, 2.45) is 0 Å². The van der Waals surface area contributed by atoms with E-state index in [1.807, 2.05) is 0 Å². The Morgan fingerprint density at radius 2 is 2.16 bits per heavy atom. The van der Waals surface area contributed by atoms with Crippen molar-refractivity contribution in [2.75, 3.05) is 12.1 Å². The number of aromatic nitrogens is 6. The van der Waals surface area contributed by atoms with Gasteiger partial charge in [0.25, 0.3) is 5.91 Å². The lowest BCUT2D eigenvalue weighted by atomic mass is 10.3.